The maximum Gasteiger partial charge on any atom is 0.258 e. The van der Waals surface area contributed by atoms with Gasteiger partial charge in [-0.15, -0.1) is 0 Å². The third kappa shape index (κ3) is 4.32. The molecule has 1 amide bonds. The number of amides is 1. The predicted molar refractivity (Wildman–Crippen MR) is 82.6 cm³/mol. The van der Waals surface area contributed by atoms with E-state index in [4.69, 9.17) is 9.15 Å². The fraction of sp³-hybridized carbons (Fsp3) is 0.353. The number of rotatable bonds is 6. The molecule has 2 rings (SSSR count). The average molecular weight is 339 g/mol. The largest absolute Gasteiger partial charge is 0.481 e. The maximum atomic E-state index is 13.4. The Bertz CT molecular complexity index is 740. The van der Waals surface area contributed by atoms with Crippen molar-refractivity contribution in [3.8, 4) is 5.75 Å². The maximum absolute atomic E-state index is 13.4. The number of nitrogens with one attached hydrogen (secondary N) is 1. The van der Waals surface area contributed by atoms with Gasteiger partial charge in [-0.05, 0) is 39.0 Å². The van der Waals surface area contributed by atoms with Crippen LogP contribution in [-0.2, 0) is 10.4 Å². The highest BCUT2D eigenvalue weighted by molar-refractivity contribution is 5.77. The molecule has 0 aliphatic carbocycles. The minimum absolute atomic E-state index is 0.0685. The number of hydrogen-bond acceptors (Lipinski definition) is 4. The lowest BCUT2D eigenvalue weighted by Crippen LogP contribution is -2.40. The third-order valence-corrected chi connectivity index (χ3v) is 3.50. The number of aliphatic hydroxyl groups is 1. The highest BCUT2D eigenvalue weighted by Crippen LogP contribution is 2.26. The van der Waals surface area contributed by atoms with Gasteiger partial charge in [-0.25, -0.2) is 8.78 Å². The normalized spacial score (nSPS) is 13.4. The van der Waals surface area contributed by atoms with Gasteiger partial charge in [0.25, 0.3) is 5.91 Å². The summed E-state index contributed by atoms with van der Waals surface area (Å²) >= 11 is 0. The minimum Gasteiger partial charge on any atom is -0.481 e. The molecule has 0 aliphatic rings. The molecule has 0 radical (unpaired) electrons. The summed E-state index contributed by atoms with van der Waals surface area (Å²) in [6.45, 7) is 4.50. The van der Waals surface area contributed by atoms with Crippen molar-refractivity contribution in [2.75, 3.05) is 13.2 Å². The third-order valence-electron chi connectivity index (χ3n) is 3.50. The number of halogens is 2. The monoisotopic (exact) mass is 339 g/mol. The van der Waals surface area contributed by atoms with Crippen LogP contribution in [0.2, 0.25) is 0 Å². The van der Waals surface area contributed by atoms with E-state index >= 15 is 0 Å². The molecule has 1 atom stereocenters. The first-order valence-electron chi connectivity index (χ1n) is 7.33. The number of aryl methyl sites for hydroxylation is 2. The van der Waals surface area contributed by atoms with Crippen LogP contribution >= 0.6 is 0 Å². The molecule has 7 heteroatoms. The van der Waals surface area contributed by atoms with Gasteiger partial charge in [-0.1, -0.05) is 0 Å². The Morgan fingerprint density at radius 2 is 2.04 bits per heavy atom. The van der Waals surface area contributed by atoms with Crippen LogP contribution in [0.3, 0.4) is 0 Å². The molecule has 2 N–H and O–H groups in total. The fourth-order valence-corrected chi connectivity index (χ4v) is 2.32. The number of carbonyl (C=O) groups is 1. The molecule has 130 valence electrons. The highest BCUT2D eigenvalue weighted by Gasteiger charge is 2.28. The van der Waals surface area contributed by atoms with Crippen LogP contribution in [0, 0.1) is 25.5 Å². The molecule has 0 unspecified atom stereocenters. The Kier molecular flexibility index (Phi) is 5.23. The van der Waals surface area contributed by atoms with E-state index in [-0.39, 0.29) is 12.3 Å². The molecule has 5 nitrogen and oxygen atoms in total. The summed E-state index contributed by atoms with van der Waals surface area (Å²) in [6, 6.07) is 4.50. The first kappa shape index (κ1) is 17.9. The zero-order valence-corrected chi connectivity index (χ0v) is 13.7. The lowest BCUT2D eigenvalue weighted by atomic mass is 9.96. The Morgan fingerprint density at radius 3 is 2.62 bits per heavy atom. The molecular formula is C17H19F2NO4. The zero-order valence-electron chi connectivity index (χ0n) is 13.7. The van der Waals surface area contributed by atoms with E-state index in [1.54, 1.807) is 26.8 Å². The van der Waals surface area contributed by atoms with Crippen molar-refractivity contribution in [1.82, 2.24) is 5.32 Å². The Labute approximate surface area is 138 Å². The van der Waals surface area contributed by atoms with Crippen LogP contribution < -0.4 is 10.1 Å². The summed E-state index contributed by atoms with van der Waals surface area (Å²) in [5, 5.41) is 13.0. The van der Waals surface area contributed by atoms with Crippen molar-refractivity contribution in [2.45, 2.75) is 26.4 Å². The highest BCUT2D eigenvalue weighted by atomic mass is 19.1. The van der Waals surface area contributed by atoms with Gasteiger partial charge in [0, 0.05) is 11.6 Å². The molecule has 0 aliphatic heterocycles. The summed E-state index contributed by atoms with van der Waals surface area (Å²) in [5.41, 5.74) is -0.746. The molecule has 0 fully saturated rings. The molecule has 1 heterocycles. The van der Waals surface area contributed by atoms with Crippen molar-refractivity contribution in [3.63, 3.8) is 0 Å². The zero-order chi connectivity index (χ0) is 17.9. The van der Waals surface area contributed by atoms with E-state index in [0.717, 1.165) is 12.1 Å². The molecule has 2 aromatic rings. The van der Waals surface area contributed by atoms with Gasteiger partial charge >= 0.3 is 0 Å². The molecule has 0 saturated heterocycles. The van der Waals surface area contributed by atoms with Crippen molar-refractivity contribution in [3.05, 3.63) is 53.0 Å². The van der Waals surface area contributed by atoms with Crippen LogP contribution in [0.5, 0.6) is 5.75 Å². The van der Waals surface area contributed by atoms with Crippen molar-refractivity contribution < 1.29 is 27.8 Å². The van der Waals surface area contributed by atoms with E-state index < -0.39 is 29.7 Å². The van der Waals surface area contributed by atoms with Crippen LogP contribution in [0.4, 0.5) is 8.78 Å². The Balaban J connectivity index is 1.89. The van der Waals surface area contributed by atoms with Gasteiger partial charge in [0.15, 0.2) is 18.2 Å². The second kappa shape index (κ2) is 7.00. The first-order chi connectivity index (χ1) is 11.2. The van der Waals surface area contributed by atoms with Gasteiger partial charge in [-0.2, -0.15) is 0 Å². The van der Waals surface area contributed by atoms with E-state index in [0.29, 0.717) is 23.2 Å². The second-order valence-electron chi connectivity index (χ2n) is 5.74. The molecule has 0 saturated carbocycles. The van der Waals surface area contributed by atoms with Crippen molar-refractivity contribution in [1.29, 1.82) is 0 Å². The molecular weight excluding hydrogens is 320 g/mol. The smallest absolute Gasteiger partial charge is 0.258 e. The SMILES string of the molecule is Cc1cc([C@@](C)(O)CNC(=O)COc2ccc(F)cc2F)c(C)o1. The van der Waals surface area contributed by atoms with Crippen molar-refractivity contribution >= 4 is 5.91 Å². The van der Waals surface area contributed by atoms with E-state index in [1.165, 1.54) is 0 Å². The van der Waals surface area contributed by atoms with E-state index in [1.807, 2.05) is 0 Å². The van der Waals surface area contributed by atoms with E-state index in [9.17, 15) is 18.7 Å². The van der Waals surface area contributed by atoms with Crippen LogP contribution in [0.25, 0.3) is 0 Å². The topological polar surface area (TPSA) is 71.7 Å². The summed E-state index contributed by atoms with van der Waals surface area (Å²) in [6.07, 6.45) is 0. The summed E-state index contributed by atoms with van der Waals surface area (Å²) in [7, 11) is 0. The number of benzene rings is 1. The first-order valence-corrected chi connectivity index (χ1v) is 7.33. The number of carbonyl (C=O) groups excluding carboxylic acids is 1. The van der Waals surface area contributed by atoms with Gasteiger partial charge in [0.05, 0.1) is 6.54 Å². The van der Waals surface area contributed by atoms with Crippen LogP contribution in [0.15, 0.2) is 28.7 Å². The molecule has 24 heavy (non-hydrogen) atoms. The number of furan rings is 1. The number of hydrogen-bond donors (Lipinski definition) is 2. The Morgan fingerprint density at radius 1 is 1.33 bits per heavy atom. The molecule has 1 aromatic carbocycles. The Hall–Kier alpha value is -2.41. The average Bonchev–Trinajstić information content (AvgIpc) is 2.84. The molecule has 1 aromatic heterocycles. The summed E-state index contributed by atoms with van der Waals surface area (Å²) in [5.74, 6) is -1.16. The molecule has 0 bridgehead atoms. The summed E-state index contributed by atoms with van der Waals surface area (Å²) in [4.78, 5) is 11.8. The minimum atomic E-state index is -1.32. The van der Waals surface area contributed by atoms with Gasteiger partial charge in [0.1, 0.15) is 22.9 Å². The second-order valence-corrected chi connectivity index (χ2v) is 5.74. The fourth-order valence-electron chi connectivity index (χ4n) is 2.32. The predicted octanol–water partition coefficient (Wildman–Crippen LogP) is 2.58. The number of ether oxygens (including phenoxy) is 1. The summed E-state index contributed by atoms with van der Waals surface area (Å²) < 4.78 is 36.5. The van der Waals surface area contributed by atoms with Crippen LogP contribution in [0.1, 0.15) is 24.0 Å². The van der Waals surface area contributed by atoms with Gasteiger partial charge < -0.3 is 19.6 Å². The van der Waals surface area contributed by atoms with Crippen LogP contribution in [-0.4, -0.2) is 24.2 Å². The standard InChI is InChI=1S/C17H19F2NO4/c1-10-6-13(11(2)24-10)17(3,22)9-20-16(21)8-23-15-5-4-12(18)7-14(15)19/h4-7,22H,8-9H2,1-3H3,(H,20,21)/t17-/m0/s1. The lowest BCUT2D eigenvalue weighted by Gasteiger charge is -2.23. The lowest BCUT2D eigenvalue weighted by molar-refractivity contribution is -0.124. The van der Waals surface area contributed by atoms with Gasteiger partial charge in [-0.3, -0.25) is 4.79 Å². The van der Waals surface area contributed by atoms with Crippen molar-refractivity contribution in [2.24, 2.45) is 0 Å². The quantitative estimate of drug-likeness (QED) is 0.848. The molecule has 0 spiro atoms. The van der Waals surface area contributed by atoms with Gasteiger partial charge in [0.2, 0.25) is 0 Å². The van der Waals surface area contributed by atoms with E-state index in [2.05, 4.69) is 5.32 Å².